The van der Waals surface area contributed by atoms with E-state index < -0.39 is 5.92 Å². The number of nitrogens with one attached hydrogen (secondary N) is 3. The fraction of sp³-hybridized carbons (Fsp3) is 0.130. The number of carbonyl (C=O) groups is 1. The van der Waals surface area contributed by atoms with Crippen molar-refractivity contribution >= 4 is 23.2 Å². The molecule has 0 aliphatic rings. The summed E-state index contributed by atoms with van der Waals surface area (Å²) in [5, 5.41) is 3.50. The quantitative estimate of drug-likeness (QED) is 0.446. The van der Waals surface area contributed by atoms with Crippen LogP contribution in [0, 0.1) is 0 Å². The van der Waals surface area contributed by atoms with Gasteiger partial charge in [-0.25, -0.2) is 0 Å². The molecule has 142 valence electrons. The van der Waals surface area contributed by atoms with Crippen LogP contribution in [0.15, 0.2) is 91.0 Å². The Morgan fingerprint density at radius 3 is 1.79 bits per heavy atom. The van der Waals surface area contributed by atoms with Gasteiger partial charge >= 0.3 is 0 Å². The van der Waals surface area contributed by atoms with Crippen LogP contribution in [0.5, 0.6) is 0 Å². The van der Waals surface area contributed by atoms with Crippen LogP contribution in [0.2, 0.25) is 0 Å². The molecule has 5 heteroatoms. The Hall–Kier alpha value is -3.18. The molecule has 3 aromatic rings. The van der Waals surface area contributed by atoms with Crippen molar-refractivity contribution in [3.8, 4) is 0 Å². The van der Waals surface area contributed by atoms with E-state index in [4.69, 9.17) is 12.2 Å². The van der Waals surface area contributed by atoms with Gasteiger partial charge in [0.1, 0.15) is 0 Å². The normalized spacial score (nSPS) is 10.3. The second kappa shape index (κ2) is 10.2. The first-order valence-electron chi connectivity index (χ1n) is 9.21. The maximum atomic E-state index is 12.9. The SMILES string of the molecule is O=C(NNC(=S)NCCc1ccccc1)C(c1ccccc1)c1ccccc1. The predicted molar refractivity (Wildman–Crippen MR) is 117 cm³/mol. The number of hydrogen-bond donors (Lipinski definition) is 3. The monoisotopic (exact) mass is 389 g/mol. The predicted octanol–water partition coefficient (Wildman–Crippen LogP) is 3.56. The number of hydrazine groups is 1. The molecule has 28 heavy (non-hydrogen) atoms. The summed E-state index contributed by atoms with van der Waals surface area (Å²) in [6.07, 6.45) is 0.854. The minimum absolute atomic E-state index is 0.162. The third kappa shape index (κ3) is 5.66. The average Bonchev–Trinajstić information content (AvgIpc) is 2.75. The van der Waals surface area contributed by atoms with Gasteiger partial charge in [0, 0.05) is 6.54 Å². The van der Waals surface area contributed by atoms with Gasteiger partial charge in [-0.15, -0.1) is 0 Å². The Morgan fingerprint density at radius 2 is 1.25 bits per heavy atom. The van der Waals surface area contributed by atoms with Crippen molar-refractivity contribution in [1.29, 1.82) is 0 Å². The summed E-state index contributed by atoms with van der Waals surface area (Å²) in [6, 6.07) is 29.6. The number of benzene rings is 3. The second-order valence-electron chi connectivity index (χ2n) is 6.36. The van der Waals surface area contributed by atoms with E-state index in [9.17, 15) is 4.79 Å². The number of thiocarbonyl (C=S) groups is 1. The molecular weight excluding hydrogens is 366 g/mol. The standard InChI is InChI=1S/C23H23N3OS/c27-22(25-26-23(28)24-17-16-18-10-4-1-5-11-18)21(19-12-6-2-7-13-19)20-14-8-3-9-15-20/h1-15,21H,16-17H2,(H,25,27)(H2,24,26,28). The molecule has 0 radical (unpaired) electrons. The first kappa shape index (κ1) is 19.6. The van der Waals surface area contributed by atoms with Crippen LogP contribution < -0.4 is 16.2 Å². The molecule has 0 unspecified atom stereocenters. The summed E-state index contributed by atoms with van der Waals surface area (Å²) in [5.74, 6) is -0.577. The third-order valence-electron chi connectivity index (χ3n) is 4.37. The number of carbonyl (C=O) groups excluding carboxylic acids is 1. The highest BCUT2D eigenvalue weighted by Crippen LogP contribution is 2.24. The molecule has 0 aliphatic carbocycles. The molecule has 0 fully saturated rings. The minimum Gasteiger partial charge on any atom is -0.361 e. The van der Waals surface area contributed by atoms with Crippen LogP contribution in [0.4, 0.5) is 0 Å². The summed E-state index contributed by atoms with van der Waals surface area (Å²) in [5.41, 5.74) is 8.63. The summed E-state index contributed by atoms with van der Waals surface area (Å²) in [7, 11) is 0. The van der Waals surface area contributed by atoms with Crippen LogP contribution in [-0.4, -0.2) is 17.6 Å². The smallest absolute Gasteiger partial charge is 0.250 e. The molecule has 3 aromatic carbocycles. The van der Waals surface area contributed by atoms with Crippen LogP contribution in [-0.2, 0) is 11.2 Å². The van der Waals surface area contributed by atoms with Gasteiger partial charge in [-0.05, 0) is 35.3 Å². The molecule has 4 nitrogen and oxygen atoms in total. The molecule has 0 atom stereocenters. The Morgan fingerprint density at radius 1 is 0.750 bits per heavy atom. The molecule has 0 aliphatic heterocycles. The van der Waals surface area contributed by atoms with Crippen molar-refractivity contribution < 1.29 is 4.79 Å². The molecule has 3 N–H and O–H groups in total. The van der Waals surface area contributed by atoms with E-state index in [1.807, 2.05) is 78.9 Å². The lowest BCUT2D eigenvalue weighted by atomic mass is 9.91. The molecule has 0 aromatic heterocycles. The van der Waals surface area contributed by atoms with E-state index in [-0.39, 0.29) is 5.91 Å². The van der Waals surface area contributed by atoms with Crippen molar-refractivity contribution in [2.75, 3.05) is 6.54 Å². The average molecular weight is 390 g/mol. The topological polar surface area (TPSA) is 53.2 Å². The van der Waals surface area contributed by atoms with Crippen LogP contribution in [0.1, 0.15) is 22.6 Å². The molecule has 0 saturated carbocycles. The zero-order valence-electron chi connectivity index (χ0n) is 15.5. The minimum atomic E-state index is -0.415. The highest BCUT2D eigenvalue weighted by molar-refractivity contribution is 7.80. The van der Waals surface area contributed by atoms with E-state index in [0.29, 0.717) is 11.7 Å². The molecular formula is C23H23N3OS. The van der Waals surface area contributed by atoms with E-state index in [1.54, 1.807) is 0 Å². The van der Waals surface area contributed by atoms with Crippen LogP contribution in [0.25, 0.3) is 0 Å². The maximum Gasteiger partial charge on any atom is 0.250 e. The van der Waals surface area contributed by atoms with Crippen molar-refractivity contribution in [2.24, 2.45) is 0 Å². The molecule has 1 amide bonds. The van der Waals surface area contributed by atoms with Crippen LogP contribution >= 0.6 is 12.2 Å². The van der Waals surface area contributed by atoms with Gasteiger partial charge in [-0.1, -0.05) is 91.0 Å². The first-order valence-corrected chi connectivity index (χ1v) is 9.62. The highest BCUT2D eigenvalue weighted by atomic mass is 32.1. The molecule has 0 spiro atoms. The summed E-state index contributed by atoms with van der Waals surface area (Å²) < 4.78 is 0. The van der Waals surface area contributed by atoms with Gasteiger partial charge in [-0.3, -0.25) is 15.6 Å². The van der Waals surface area contributed by atoms with Gasteiger partial charge in [-0.2, -0.15) is 0 Å². The molecule has 0 heterocycles. The Kier molecular flexibility index (Phi) is 7.15. The van der Waals surface area contributed by atoms with E-state index in [1.165, 1.54) is 5.56 Å². The zero-order chi connectivity index (χ0) is 19.6. The molecule has 3 rings (SSSR count). The summed E-state index contributed by atoms with van der Waals surface area (Å²) in [6.45, 7) is 0.687. The third-order valence-corrected chi connectivity index (χ3v) is 4.62. The number of rotatable bonds is 6. The lowest BCUT2D eigenvalue weighted by Gasteiger charge is -2.19. The summed E-state index contributed by atoms with van der Waals surface area (Å²) >= 11 is 5.27. The fourth-order valence-electron chi connectivity index (χ4n) is 2.99. The van der Waals surface area contributed by atoms with Gasteiger partial charge < -0.3 is 5.32 Å². The molecule has 0 saturated heterocycles. The Labute approximate surface area is 171 Å². The summed E-state index contributed by atoms with van der Waals surface area (Å²) in [4.78, 5) is 12.9. The first-order chi connectivity index (χ1) is 13.7. The Balaban J connectivity index is 1.56. The van der Waals surface area contributed by atoms with E-state index in [2.05, 4.69) is 28.3 Å². The highest BCUT2D eigenvalue weighted by Gasteiger charge is 2.22. The van der Waals surface area contributed by atoms with Gasteiger partial charge in [0.05, 0.1) is 5.92 Å². The second-order valence-corrected chi connectivity index (χ2v) is 6.77. The number of hydrogen-bond acceptors (Lipinski definition) is 2. The van der Waals surface area contributed by atoms with Gasteiger partial charge in [0.15, 0.2) is 5.11 Å². The van der Waals surface area contributed by atoms with E-state index in [0.717, 1.165) is 17.5 Å². The van der Waals surface area contributed by atoms with Gasteiger partial charge in [0.2, 0.25) is 5.91 Å². The molecule has 0 bridgehead atoms. The maximum absolute atomic E-state index is 12.9. The fourth-order valence-corrected chi connectivity index (χ4v) is 3.14. The van der Waals surface area contributed by atoms with Crippen molar-refractivity contribution in [3.05, 3.63) is 108 Å². The Bertz CT molecular complexity index is 846. The zero-order valence-corrected chi connectivity index (χ0v) is 16.3. The van der Waals surface area contributed by atoms with Crippen molar-refractivity contribution in [3.63, 3.8) is 0 Å². The lowest BCUT2D eigenvalue weighted by molar-refractivity contribution is -0.122. The van der Waals surface area contributed by atoms with Gasteiger partial charge in [0.25, 0.3) is 0 Å². The van der Waals surface area contributed by atoms with Crippen molar-refractivity contribution in [2.45, 2.75) is 12.3 Å². The number of amides is 1. The van der Waals surface area contributed by atoms with Crippen molar-refractivity contribution in [1.82, 2.24) is 16.2 Å². The van der Waals surface area contributed by atoms with Crippen LogP contribution in [0.3, 0.4) is 0 Å². The largest absolute Gasteiger partial charge is 0.361 e. The lowest BCUT2D eigenvalue weighted by Crippen LogP contribution is -2.48. The van der Waals surface area contributed by atoms with E-state index >= 15 is 0 Å².